The van der Waals surface area contributed by atoms with Crippen LogP contribution in [0.5, 0.6) is 0 Å². The van der Waals surface area contributed by atoms with Gasteiger partial charge in [0.2, 0.25) is 5.91 Å². The van der Waals surface area contributed by atoms with Crippen LogP contribution >= 0.6 is 0 Å². The number of anilines is 1. The van der Waals surface area contributed by atoms with E-state index in [2.05, 4.69) is 26.4 Å². The summed E-state index contributed by atoms with van der Waals surface area (Å²) < 4.78 is 7.72. The number of fused-ring (bicyclic) bond motifs is 3. The highest BCUT2D eigenvalue weighted by molar-refractivity contribution is 6.00. The number of aryl methyl sites for hydroxylation is 2. The molecule has 2 fully saturated rings. The molecule has 37 heavy (non-hydrogen) atoms. The van der Waals surface area contributed by atoms with Crippen molar-refractivity contribution in [2.24, 2.45) is 0 Å². The van der Waals surface area contributed by atoms with E-state index in [-0.39, 0.29) is 11.9 Å². The number of pyridine rings is 3. The Morgan fingerprint density at radius 2 is 1.81 bits per heavy atom. The summed E-state index contributed by atoms with van der Waals surface area (Å²) in [5.41, 5.74) is 12.2. The van der Waals surface area contributed by atoms with Crippen LogP contribution in [0.25, 0.3) is 33.3 Å². The molecule has 6 rings (SSSR count). The minimum absolute atomic E-state index is 0.201. The number of nitrogen functional groups attached to an aromatic ring is 1. The van der Waals surface area contributed by atoms with Crippen molar-refractivity contribution in [3.63, 3.8) is 0 Å². The van der Waals surface area contributed by atoms with Gasteiger partial charge in [0.15, 0.2) is 0 Å². The number of hydrogen-bond donors (Lipinski definition) is 1. The van der Waals surface area contributed by atoms with Crippen LogP contribution in [0.15, 0.2) is 30.6 Å². The van der Waals surface area contributed by atoms with Crippen molar-refractivity contribution in [2.75, 3.05) is 51.7 Å². The van der Waals surface area contributed by atoms with E-state index in [1.807, 2.05) is 36.2 Å². The van der Waals surface area contributed by atoms with Gasteiger partial charge in [-0.05, 0) is 50.5 Å². The van der Waals surface area contributed by atoms with Crippen LogP contribution in [0.3, 0.4) is 0 Å². The van der Waals surface area contributed by atoms with E-state index in [0.29, 0.717) is 38.7 Å². The second-order valence-corrected chi connectivity index (χ2v) is 10.0. The lowest BCUT2D eigenvalue weighted by Crippen LogP contribution is -2.47. The van der Waals surface area contributed by atoms with Crippen molar-refractivity contribution >= 4 is 33.8 Å². The number of rotatable bonds is 4. The highest BCUT2D eigenvalue weighted by Crippen LogP contribution is 2.32. The lowest BCUT2D eigenvalue weighted by atomic mass is 10.0. The Balaban J connectivity index is 1.28. The SMILES string of the molecule is Cc1cc(-c2ccc3ncc4nc(C)n(C5CCN(CC(=O)N6CCOCC6)CC5)c4c3n2)cnc1N. The molecule has 0 unspecified atom stereocenters. The molecule has 4 aromatic rings. The molecule has 0 atom stereocenters. The van der Waals surface area contributed by atoms with Gasteiger partial charge < -0.3 is 19.9 Å². The number of nitrogens with two attached hydrogens (primary N) is 1. The molecule has 0 radical (unpaired) electrons. The average Bonchev–Trinajstić information content (AvgIpc) is 3.27. The summed E-state index contributed by atoms with van der Waals surface area (Å²) in [6.07, 6.45) is 5.51. The van der Waals surface area contributed by atoms with Crippen molar-refractivity contribution in [3.8, 4) is 11.3 Å². The summed E-state index contributed by atoms with van der Waals surface area (Å²) in [6, 6.07) is 6.29. The van der Waals surface area contributed by atoms with Crippen LogP contribution in [-0.4, -0.2) is 86.1 Å². The molecule has 1 amide bonds. The van der Waals surface area contributed by atoms with Gasteiger partial charge in [-0.3, -0.25) is 14.7 Å². The number of aromatic nitrogens is 5. The molecular formula is C27H32N8O2. The molecule has 2 aliphatic rings. The molecule has 192 valence electrons. The largest absolute Gasteiger partial charge is 0.383 e. The summed E-state index contributed by atoms with van der Waals surface area (Å²) in [6.45, 7) is 8.87. The monoisotopic (exact) mass is 500 g/mol. The maximum absolute atomic E-state index is 12.7. The van der Waals surface area contributed by atoms with Crippen LogP contribution in [0, 0.1) is 13.8 Å². The fourth-order valence-corrected chi connectivity index (χ4v) is 5.53. The number of imidazole rings is 1. The molecule has 10 nitrogen and oxygen atoms in total. The highest BCUT2D eigenvalue weighted by atomic mass is 16.5. The van der Waals surface area contributed by atoms with Gasteiger partial charge in [0.05, 0.1) is 42.7 Å². The quantitative estimate of drug-likeness (QED) is 0.455. The van der Waals surface area contributed by atoms with Crippen molar-refractivity contribution in [2.45, 2.75) is 32.7 Å². The van der Waals surface area contributed by atoms with Gasteiger partial charge in [-0.15, -0.1) is 0 Å². The fourth-order valence-electron chi connectivity index (χ4n) is 5.53. The second-order valence-electron chi connectivity index (χ2n) is 10.0. The molecule has 0 aromatic carbocycles. The van der Waals surface area contributed by atoms with Crippen LogP contribution in [-0.2, 0) is 9.53 Å². The fraction of sp³-hybridized carbons (Fsp3) is 0.444. The number of ether oxygens (including phenoxy) is 1. The Bertz CT molecular complexity index is 1470. The van der Waals surface area contributed by atoms with Gasteiger partial charge in [0.1, 0.15) is 22.7 Å². The maximum atomic E-state index is 12.7. The number of piperidine rings is 1. The van der Waals surface area contributed by atoms with E-state index in [9.17, 15) is 4.79 Å². The third-order valence-corrected chi connectivity index (χ3v) is 7.60. The molecule has 6 heterocycles. The van der Waals surface area contributed by atoms with Gasteiger partial charge in [-0.1, -0.05) is 0 Å². The normalized spacial score (nSPS) is 17.6. The van der Waals surface area contributed by atoms with E-state index in [4.69, 9.17) is 20.4 Å². The van der Waals surface area contributed by atoms with Crippen molar-refractivity contribution in [1.82, 2.24) is 34.3 Å². The number of carbonyl (C=O) groups is 1. The molecule has 0 aliphatic carbocycles. The lowest BCUT2D eigenvalue weighted by molar-refractivity contribution is -0.136. The minimum atomic E-state index is 0.201. The first-order valence-electron chi connectivity index (χ1n) is 12.9. The first-order valence-corrected chi connectivity index (χ1v) is 12.9. The smallest absolute Gasteiger partial charge is 0.236 e. The molecule has 2 saturated heterocycles. The first-order chi connectivity index (χ1) is 18.0. The Hall–Kier alpha value is -3.63. The second kappa shape index (κ2) is 9.68. The molecule has 4 aromatic heterocycles. The summed E-state index contributed by atoms with van der Waals surface area (Å²) in [5.74, 6) is 1.69. The predicted molar refractivity (Wildman–Crippen MR) is 142 cm³/mol. The first kappa shape index (κ1) is 23.7. The molecular weight excluding hydrogens is 468 g/mol. The van der Waals surface area contributed by atoms with Gasteiger partial charge in [-0.25, -0.2) is 15.0 Å². The maximum Gasteiger partial charge on any atom is 0.236 e. The molecule has 0 spiro atoms. The average molecular weight is 501 g/mol. The number of likely N-dealkylation sites (tertiary alicyclic amines) is 1. The van der Waals surface area contributed by atoms with Gasteiger partial charge in [0.25, 0.3) is 0 Å². The Morgan fingerprint density at radius 1 is 1.03 bits per heavy atom. The zero-order chi connectivity index (χ0) is 25.5. The number of morpholine rings is 1. The summed E-state index contributed by atoms with van der Waals surface area (Å²) in [5, 5.41) is 0. The lowest BCUT2D eigenvalue weighted by Gasteiger charge is -2.35. The minimum Gasteiger partial charge on any atom is -0.383 e. The van der Waals surface area contributed by atoms with Crippen molar-refractivity contribution in [3.05, 3.63) is 42.0 Å². The van der Waals surface area contributed by atoms with Gasteiger partial charge in [0, 0.05) is 44.0 Å². The summed E-state index contributed by atoms with van der Waals surface area (Å²) in [4.78, 5) is 35.8. The van der Waals surface area contributed by atoms with E-state index >= 15 is 0 Å². The van der Waals surface area contributed by atoms with E-state index in [1.165, 1.54) is 0 Å². The molecule has 2 N–H and O–H groups in total. The Morgan fingerprint density at radius 3 is 2.57 bits per heavy atom. The summed E-state index contributed by atoms with van der Waals surface area (Å²) in [7, 11) is 0. The van der Waals surface area contributed by atoms with Crippen molar-refractivity contribution in [1.29, 1.82) is 0 Å². The molecule has 2 aliphatic heterocycles. The molecule has 0 bridgehead atoms. The van der Waals surface area contributed by atoms with Crippen LogP contribution in [0.1, 0.15) is 30.3 Å². The Kier molecular flexibility index (Phi) is 6.21. The predicted octanol–water partition coefficient (Wildman–Crippen LogP) is 2.74. The number of nitrogens with zero attached hydrogens (tertiary/aromatic N) is 7. The highest BCUT2D eigenvalue weighted by Gasteiger charge is 2.27. The van der Waals surface area contributed by atoms with E-state index in [1.54, 1.807) is 6.20 Å². The summed E-state index contributed by atoms with van der Waals surface area (Å²) >= 11 is 0. The zero-order valence-corrected chi connectivity index (χ0v) is 21.4. The zero-order valence-electron chi connectivity index (χ0n) is 21.4. The van der Waals surface area contributed by atoms with Crippen LogP contribution < -0.4 is 5.73 Å². The van der Waals surface area contributed by atoms with Gasteiger partial charge in [-0.2, -0.15) is 0 Å². The Labute approximate surface area is 215 Å². The molecule has 0 saturated carbocycles. The van der Waals surface area contributed by atoms with E-state index in [0.717, 1.165) is 70.6 Å². The van der Waals surface area contributed by atoms with Crippen molar-refractivity contribution < 1.29 is 9.53 Å². The molecule has 10 heteroatoms. The standard InChI is InChI=1S/C27H32N8O2/c1-17-13-19(14-30-27(17)28)21-3-4-22-25(32-21)26-23(15-29-22)31-18(2)35(26)20-5-7-33(8-6-20)16-24(36)34-9-11-37-12-10-34/h3-4,13-15,20H,5-12,16H2,1-2H3,(H2,28,30). The number of amides is 1. The number of carbonyl (C=O) groups excluding carboxylic acids is 1. The van der Waals surface area contributed by atoms with Gasteiger partial charge >= 0.3 is 0 Å². The number of hydrogen-bond acceptors (Lipinski definition) is 8. The third-order valence-electron chi connectivity index (χ3n) is 7.60. The van der Waals surface area contributed by atoms with Crippen LogP contribution in [0.4, 0.5) is 5.82 Å². The topological polar surface area (TPSA) is 115 Å². The van der Waals surface area contributed by atoms with Crippen LogP contribution in [0.2, 0.25) is 0 Å². The third kappa shape index (κ3) is 4.51. The van der Waals surface area contributed by atoms with E-state index < -0.39 is 0 Å².